The zero-order valence-corrected chi connectivity index (χ0v) is 25.1. The predicted molar refractivity (Wildman–Crippen MR) is 145 cm³/mol. The van der Waals surface area contributed by atoms with Crippen molar-refractivity contribution in [3.63, 3.8) is 0 Å². The molecule has 1 rings (SSSR count). The molecule has 3 nitrogen and oxygen atoms in total. The van der Waals surface area contributed by atoms with E-state index in [9.17, 15) is 5.11 Å². The topological polar surface area (TPSA) is 38.7 Å². The normalized spacial score (nSPS) is 26.6. The van der Waals surface area contributed by atoms with Gasteiger partial charge < -0.3 is 14.0 Å². The molecule has 0 heterocycles. The third kappa shape index (κ3) is 7.94. The Hall–Kier alpha value is -0.206. The monoisotopic (exact) mass is 482 g/mol. The van der Waals surface area contributed by atoms with Crippen LogP contribution in [0.5, 0.6) is 0 Å². The molecule has 0 spiro atoms. The lowest BCUT2D eigenvalue weighted by Crippen LogP contribution is -2.45. The Morgan fingerprint density at radius 3 is 1.78 bits per heavy atom. The SMILES string of the molecule is C=CC1C(/C=C/[C@@H](O)CCCCC)[C@@H](O[Si](C)(C)C(C)(C)C)C[C@H]1O[Si](C)(C)C(C)(C)C. The van der Waals surface area contributed by atoms with Crippen LogP contribution in [-0.2, 0) is 8.85 Å². The van der Waals surface area contributed by atoms with Crippen molar-refractivity contribution in [2.45, 2.75) is 135 Å². The zero-order chi connectivity index (χ0) is 25.0. The number of unbranched alkanes of at least 4 members (excludes halogenated alkanes) is 2. The van der Waals surface area contributed by atoms with Gasteiger partial charge in [-0.1, -0.05) is 86.0 Å². The summed E-state index contributed by atoms with van der Waals surface area (Å²) < 4.78 is 13.9. The molecule has 1 N–H and O–H groups in total. The Morgan fingerprint density at radius 2 is 1.38 bits per heavy atom. The summed E-state index contributed by atoms with van der Waals surface area (Å²) in [7, 11) is -3.85. The molecule has 1 fully saturated rings. The first kappa shape index (κ1) is 29.8. The van der Waals surface area contributed by atoms with Gasteiger partial charge in [0, 0.05) is 11.8 Å². The van der Waals surface area contributed by atoms with Crippen molar-refractivity contribution in [1.29, 1.82) is 0 Å². The molecular formula is C27H54O3Si2. The van der Waals surface area contributed by atoms with Crippen molar-refractivity contribution in [1.82, 2.24) is 0 Å². The average Bonchev–Trinajstić information content (AvgIpc) is 2.92. The lowest BCUT2D eigenvalue weighted by molar-refractivity contribution is 0.135. The van der Waals surface area contributed by atoms with E-state index in [-0.39, 0.29) is 40.2 Å². The molecule has 188 valence electrons. The van der Waals surface area contributed by atoms with Gasteiger partial charge in [-0.15, -0.1) is 6.58 Å². The number of hydrogen-bond acceptors (Lipinski definition) is 3. The van der Waals surface area contributed by atoms with Crippen LogP contribution in [0.1, 0.15) is 80.6 Å². The van der Waals surface area contributed by atoms with Gasteiger partial charge in [0.15, 0.2) is 16.6 Å². The van der Waals surface area contributed by atoms with Crippen LogP contribution >= 0.6 is 0 Å². The summed E-state index contributed by atoms with van der Waals surface area (Å²) >= 11 is 0. The molecule has 0 saturated heterocycles. The number of aliphatic hydroxyl groups excluding tert-OH is 1. The summed E-state index contributed by atoms with van der Waals surface area (Å²) in [4.78, 5) is 0. The van der Waals surface area contributed by atoms with Crippen LogP contribution in [0.2, 0.25) is 36.3 Å². The summed E-state index contributed by atoms with van der Waals surface area (Å²) in [5.41, 5.74) is 0. The van der Waals surface area contributed by atoms with Crippen LogP contribution in [0.25, 0.3) is 0 Å². The molecule has 0 aromatic rings. The van der Waals surface area contributed by atoms with E-state index in [0.717, 1.165) is 19.3 Å². The van der Waals surface area contributed by atoms with Crippen molar-refractivity contribution < 1.29 is 14.0 Å². The number of hydrogen-bond donors (Lipinski definition) is 1. The maximum absolute atomic E-state index is 10.5. The Morgan fingerprint density at radius 1 is 0.906 bits per heavy atom. The van der Waals surface area contributed by atoms with Crippen LogP contribution < -0.4 is 0 Å². The van der Waals surface area contributed by atoms with E-state index in [4.69, 9.17) is 8.85 Å². The van der Waals surface area contributed by atoms with E-state index >= 15 is 0 Å². The molecule has 0 radical (unpaired) electrons. The van der Waals surface area contributed by atoms with Crippen molar-refractivity contribution in [3.8, 4) is 0 Å². The van der Waals surface area contributed by atoms with Crippen LogP contribution in [0.3, 0.4) is 0 Å². The quantitative estimate of drug-likeness (QED) is 0.184. The summed E-state index contributed by atoms with van der Waals surface area (Å²) in [5.74, 6) is 0.398. The molecular weight excluding hydrogens is 428 g/mol. The first-order chi connectivity index (χ1) is 14.5. The van der Waals surface area contributed by atoms with Crippen LogP contribution in [0.15, 0.2) is 24.8 Å². The zero-order valence-electron chi connectivity index (χ0n) is 23.1. The first-order valence-corrected chi connectivity index (χ1v) is 18.6. The minimum absolute atomic E-state index is 0.104. The second-order valence-corrected chi connectivity index (χ2v) is 22.4. The Balaban J connectivity index is 3.17. The van der Waals surface area contributed by atoms with Gasteiger partial charge in [-0.05, 0) is 49.1 Å². The summed E-state index contributed by atoms with van der Waals surface area (Å²) in [5, 5.41) is 10.9. The van der Waals surface area contributed by atoms with Gasteiger partial charge in [-0.2, -0.15) is 0 Å². The molecule has 0 aliphatic heterocycles. The van der Waals surface area contributed by atoms with Gasteiger partial charge in [-0.25, -0.2) is 0 Å². The lowest BCUT2D eigenvalue weighted by atomic mass is 9.92. The van der Waals surface area contributed by atoms with Gasteiger partial charge in [0.05, 0.1) is 18.3 Å². The predicted octanol–water partition coefficient (Wildman–Crippen LogP) is 8.09. The first-order valence-electron chi connectivity index (χ1n) is 12.8. The average molecular weight is 483 g/mol. The Bertz CT molecular complexity index is 613. The van der Waals surface area contributed by atoms with Crippen molar-refractivity contribution in [3.05, 3.63) is 24.8 Å². The molecule has 5 atom stereocenters. The van der Waals surface area contributed by atoms with E-state index in [1.165, 1.54) is 12.8 Å². The van der Waals surface area contributed by atoms with E-state index in [1.807, 2.05) is 6.08 Å². The molecule has 1 aliphatic carbocycles. The van der Waals surface area contributed by atoms with Crippen molar-refractivity contribution >= 4 is 16.6 Å². The smallest absolute Gasteiger partial charge is 0.192 e. The molecule has 0 aromatic heterocycles. The van der Waals surface area contributed by atoms with Crippen LogP contribution in [0, 0.1) is 11.8 Å². The minimum atomic E-state index is -1.94. The van der Waals surface area contributed by atoms with Crippen molar-refractivity contribution in [2.24, 2.45) is 11.8 Å². The second-order valence-electron chi connectivity index (χ2n) is 12.9. The van der Waals surface area contributed by atoms with E-state index in [0.29, 0.717) is 0 Å². The fraction of sp³-hybridized carbons (Fsp3) is 0.852. The highest BCUT2D eigenvalue weighted by molar-refractivity contribution is 6.74. The lowest BCUT2D eigenvalue weighted by Gasteiger charge is -2.40. The minimum Gasteiger partial charge on any atom is -0.413 e. The summed E-state index contributed by atoms with van der Waals surface area (Å²) in [6, 6.07) is 0. The Kier molecular flexibility index (Phi) is 10.7. The fourth-order valence-electron chi connectivity index (χ4n) is 3.92. The molecule has 0 aromatic carbocycles. The largest absolute Gasteiger partial charge is 0.413 e. The van der Waals surface area contributed by atoms with Crippen molar-refractivity contribution in [2.75, 3.05) is 0 Å². The molecule has 2 unspecified atom stereocenters. The third-order valence-electron chi connectivity index (χ3n) is 8.20. The van der Waals surface area contributed by atoms with Gasteiger partial charge >= 0.3 is 0 Å². The second kappa shape index (κ2) is 11.5. The highest BCUT2D eigenvalue weighted by Crippen LogP contribution is 2.47. The molecule has 1 saturated carbocycles. The molecule has 1 aliphatic rings. The van der Waals surface area contributed by atoms with Gasteiger partial charge in [-0.3, -0.25) is 0 Å². The molecule has 5 heteroatoms. The summed E-state index contributed by atoms with van der Waals surface area (Å²) in [6.07, 6.45) is 11.3. The molecule has 0 bridgehead atoms. The van der Waals surface area contributed by atoms with E-state index in [1.54, 1.807) is 0 Å². The van der Waals surface area contributed by atoms with Gasteiger partial charge in [0.2, 0.25) is 0 Å². The molecule has 32 heavy (non-hydrogen) atoms. The van der Waals surface area contributed by atoms with E-state index < -0.39 is 16.6 Å². The van der Waals surface area contributed by atoms with Gasteiger partial charge in [0.1, 0.15) is 0 Å². The third-order valence-corrected chi connectivity index (χ3v) is 17.2. The Labute approximate surface area is 202 Å². The maximum atomic E-state index is 10.5. The molecule has 0 amide bonds. The summed E-state index contributed by atoms with van der Waals surface area (Å²) in [6.45, 7) is 29.5. The number of aliphatic hydroxyl groups is 1. The fourth-order valence-corrected chi connectivity index (χ4v) is 6.65. The maximum Gasteiger partial charge on any atom is 0.192 e. The number of rotatable bonds is 11. The van der Waals surface area contributed by atoms with E-state index in [2.05, 4.69) is 93.4 Å². The van der Waals surface area contributed by atoms with Crippen LogP contribution in [-0.4, -0.2) is 40.1 Å². The highest BCUT2D eigenvalue weighted by atomic mass is 28.4. The van der Waals surface area contributed by atoms with Gasteiger partial charge in [0.25, 0.3) is 0 Å². The standard InChI is InChI=1S/C27H54O3Si2/c1-13-15-16-17-21(28)18-19-23-22(14-2)24(29-31(9,10)26(3,4)5)20-25(23)30-32(11,12)27(6,7)8/h14,18-19,21-25,28H,2,13,15-17,20H2,1,3-12H3/b19-18+/t21-,22?,23?,24+,25-/m0/s1. The highest BCUT2D eigenvalue weighted by Gasteiger charge is 2.49. The van der Waals surface area contributed by atoms with Crippen LogP contribution in [0.4, 0.5) is 0 Å².